The monoisotopic (exact) mass is 309 g/mol. The molecule has 3 heterocycles. The summed E-state index contributed by atoms with van der Waals surface area (Å²) in [5, 5.41) is 16.4. The van der Waals surface area contributed by atoms with Gasteiger partial charge in [0.25, 0.3) is 0 Å². The first kappa shape index (κ1) is 12.8. The Morgan fingerprint density at radius 3 is 2.86 bits per heavy atom. The number of carboxylic acid groups (broad SMARTS) is 1. The molecule has 0 aliphatic rings. The van der Waals surface area contributed by atoms with Gasteiger partial charge in [-0.05, 0) is 24.3 Å². The normalized spacial score (nSPS) is 11.1. The molecule has 0 amide bonds. The van der Waals surface area contributed by atoms with Gasteiger partial charge in [-0.15, -0.1) is 11.3 Å². The van der Waals surface area contributed by atoms with Crippen LogP contribution in [0.4, 0.5) is 0 Å². The van der Waals surface area contributed by atoms with Crippen molar-refractivity contribution in [2.45, 2.75) is 0 Å². The van der Waals surface area contributed by atoms with E-state index in [0.717, 1.165) is 28.0 Å². The second kappa shape index (κ2) is 4.85. The van der Waals surface area contributed by atoms with Crippen molar-refractivity contribution in [2.75, 3.05) is 0 Å². The Morgan fingerprint density at radius 2 is 2.09 bits per heavy atom. The van der Waals surface area contributed by atoms with Crippen LogP contribution in [0.2, 0.25) is 0 Å². The van der Waals surface area contributed by atoms with Crippen molar-refractivity contribution in [1.82, 2.24) is 14.8 Å². The average Bonchev–Trinajstić information content (AvgIpc) is 3.24. The molecule has 1 aromatic carbocycles. The highest BCUT2D eigenvalue weighted by Crippen LogP contribution is 2.28. The molecule has 0 aliphatic heterocycles. The molecule has 0 unspecified atom stereocenters. The molecule has 3 aromatic heterocycles. The van der Waals surface area contributed by atoms with Crippen molar-refractivity contribution in [1.29, 1.82) is 0 Å². The number of carboxylic acids is 1. The molecule has 108 valence electrons. The molecule has 2 N–H and O–H groups in total. The molecule has 4 aromatic rings. The number of carbonyl (C=O) groups is 1. The van der Waals surface area contributed by atoms with Crippen LogP contribution < -0.4 is 0 Å². The Labute approximate surface area is 129 Å². The van der Waals surface area contributed by atoms with Crippen LogP contribution >= 0.6 is 11.3 Å². The minimum Gasteiger partial charge on any atom is -0.477 e. The van der Waals surface area contributed by atoms with Gasteiger partial charge in [0.1, 0.15) is 10.7 Å². The molecule has 0 fully saturated rings. The van der Waals surface area contributed by atoms with Gasteiger partial charge >= 0.3 is 5.97 Å². The number of fused-ring (bicyclic) bond motifs is 1. The predicted molar refractivity (Wildman–Crippen MR) is 85.7 cm³/mol. The number of benzene rings is 1. The molecular weight excluding hydrogens is 298 g/mol. The number of para-hydroxylation sites is 1. The number of hydrogen-bond donors (Lipinski definition) is 2. The van der Waals surface area contributed by atoms with E-state index >= 15 is 0 Å². The molecule has 0 saturated carbocycles. The van der Waals surface area contributed by atoms with E-state index < -0.39 is 5.97 Å². The predicted octanol–water partition coefficient (Wildman–Crippen LogP) is 3.78. The highest BCUT2D eigenvalue weighted by molar-refractivity contribution is 7.12. The summed E-state index contributed by atoms with van der Waals surface area (Å²) in [6, 6.07) is 13.6. The van der Waals surface area contributed by atoms with E-state index in [4.69, 9.17) is 5.11 Å². The highest BCUT2D eigenvalue weighted by Gasteiger charge is 2.13. The summed E-state index contributed by atoms with van der Waals surface area (Å²) < 4.78 is 1.79. The summed E-state index contributed by atoms with van der Waals surface area (Å²) in [7, 11) is 0. The molecular formula is C16H11N3O2S. The molecule has 5 nitrogen and oxygen atoms in total. The third-order valence-corrected chi connectivity index (χ3v) is 4.41. The Balaban J connectivity index is 1.83. The zero-order valence-electron chi connectivity index (χ0n) is 11.4. The van der Waals surface area contributed by atoms with Gasteiger partial charge in [0.2, 0.25) is 0 Å². The fourth-order valence-corrected chi connectivity index (χ4v) is 3.21. The molecule has 0 saturated heterocycles. The number of H-pyrrole nitrogens is 1. The second-order valence-electron chi connectivity index (χ2n) is 4.87. The van der Waals surface area contributed by atoms with Crippen molar-refractivity contribution in [2.24, 2.45) is 0 Å². The molecule has 0 atom stereocenters. The number of nitrogens with zero attached hydrogens (tertiary/aromatic N) is 2. The summed E-state index contributed by atoms with van der Waals surface area (Å²) in [5.74, 6) is -0.0581. The summed E-state index contributed by atoms with van der Waals surface area (Å²) in [6.45, 7) is 0. The van der Waals surface area contributed by atoms with Crippen LogP contribution in [0.1, 0.15) is 9.67 Å². The van der Waals surface area contributed by atoms with Crippen LogP contribution in [0.25, 0.3) is 28.0 Å². The second-order valence-corrected chi connectivity index (χ2v) is 5.79. The fourth-order valence-electron chi connectivity index (χ4n) is 2.47. The molecule has 6 heteroatoms. The van der Waals surface area contributed by atoms with E-state index in [2.05, 4.69) is 10.1 Å². The van der Waals surface area contributed by atoms with Crippen LogP contribution in [0, 0.1) is 0 Å². The van der Waals surface area contributed by atoms with Gasteiger partial charge in [-0.3, -0.25) is 0 Å². The standard InChI is InChI=1S/C16H11N3O2S/c20-16(21)14-7-11(9-22-14)13-5-6-17-19(13)15-8-10-3-1-2-4-12(10)18-15/h1-9,18H,(H,20,21). The maximum atomic E-state index is 11.0. The highest BCUT2D eigenvalue weighted by atomic mass is 32.1. The molecule has 0 radical (unpaired) electrons. The quantitative estimate of drug-likeness (QED) is 0.605. The minimum atomic E-state index is -0.909. The summed E-state index contributed by atoms with van der Waals surface area (Å²) in [6.07, 6.45) is 1.71. The van der Waals surface area contributed by atoms with Crippen molar-refractivity contribution in [3.05, 3.63) is 58.9 Å². The van der Waals surface area contributed by atoms with Gasteiger partial charge in [0.15, 0.2) is 0 Å². The number of hydrogen-bond acceptors (Lipinski definition) is 3. The lowest BCUT2D eigenvalue weighted by Crippen LogP contribution is -1.98. The van der Waals surface area contributed by atoms with Crippen LogP contribution in [0.5, 0.6) is 0 Å². The van der Waals surface area contributed by atoms with Gasteiger partial charge in [0, 0.05) is 21.8 Å². The largest absolute Gasteiger partial charge is 0.477 e. The zero-order chi connectivity index (χ0) is 15.1. The maximum absolute atomic E-state index is 11.0. The lowest BCUT2D eigenvalue weighted by atomic mass is 10.2. The number of nitrogens with one attached hydrogen (secondary N) is 1. The Hall–Kier alpha value is -2.86. The van der Waals surface area contributed by atoms with Crippen molar-refractivity contribution in [3.8, 4) is 17.1 Å². The SMILES string of the molecule is O=C(O)c1cc(-c2ccnn2-c2cc3ccccc3[nH]2)cs1. The molecule has 0 aliphatic carbocycles. The zero-order valence-corrected chi connectivity index (χ0v) is 12.2. The lowest BCUT2D eigenvalue weighted by Gasteiger charge is -2.03. The first-order valence-corrected chi connectivity index (χ1v) is 7.55. The number of aromatic carboxylic acids is 1. The number of rotatable bonds is 3. The first-order chi connectivity index (χ1) is 10.7. The van der Waals surface area contributed by atoms with E-state index in [1.54, 1.807) is 16.9 Å². The third-order valence-electron chi connectivity index (χ3n) is 3.49. The average molecular weight is 309 g/mol. The smallest absolute Gasteiger partial charge is 0.345 e. The maximum Gasteiger partial charge on any atom is 0.345 e. The molecule has 0 bridgehead atoms. The van der Waals surface area contributed by atoms with Gasteiger partial charge < -0.3 is 10.1 Å². The number of thiophene rings is 1. The van der Waals surface area contributed by atoms with E-state index in [1.807, 2.05) is 41.8 Å². The van der Waals surface area contributed by atoms with Crippen molar-refractivity contribution in [3.63, 3.8) is 0 Å². The lowest BCUT2D eigenvalue weighted by molar-refractivity contribution is 0.0702. The van der Waals surface area contributed by atoms with Crippen molar-refractivity contribution >= 4 is 28.2 Å². The fraction of sp³-hybridized carbons (Fsp3) is 0. The molecule has 22 heavy (non-hydrogen) atoms. The van der Waals surface area contributed by atoms with Gasteiger partial charge in [-0.2, -0.15) is 5.10 Å². The van der Waals surface area contributed by atoms with Crippen LogP contribution in [0.3, 0.4) is 0 Å². The van der Waals surface area contributed by atoms with Crippen molar-refractivity contribution < 1.29 is 9.90 Å². The van der Waals surface area contributed by atoms with E-state index in [9.17, 15) is 4.79 Å². The Bertz CT molecular complexity index is 947. The third kappa shape index (κ3) is 2.01. The van der Waals surface area contributed by atoms with Crippen LogP contribution in [-0.4, -0.2) is 25.8 Å². The van der Waals surface area contributed by atoms with E-state index in [1.165, 1.54) is 11.3 Å². The first-order valence-electron chi connectivity index (χ1n) is 6.67. The molecule has 0 spiro atoms. The van der Waals surface area contributed by atoms with Crippen LogP contribution in [-0.2, 0) is 0 Å². The number of aromatic nitrogens is 3. The molecule has 4 rings (SSSR count). The summed E-state index contributed by atoms with van der Waals surface area (Å²) in [4.78, 5) is 14.7. The van der Waals surface area contributed by atoms with Crippen LogP contribution in [0.15, 0.2) is 54.0 Å². The minimum absolute atomic E-state index is 0.319. The Kier molecular flexibility index (Phi) is 2.83. The number of aromatic amines is 1. The summed E-state index contributed by atoms with van der Waals surface area (Å²) in [5.41, 5.74) is 2.74. The van der Waals surface area contributed by atoms with E-state index in [-0.39, 0.29) is 0 Å². The summed E-state index contributed by atoms with van der Waals surface area (Å²) >= 11 is 1.21. The van der Waals surface area contributed by atoms with E-state index in [0.29, 0.717) is 4.88 Å². The van der Waals surface area contributed by atoms with Gasteiger partial charge in [0.05, 0.1) is 11.9 Å². The van der Waals surface area contributed by atoms with Gasteiger partial charge in [-0.25, -0.2) is 9.48 Å². The van der Waals surface area contributed by atoms with Gasteiger partial charge in [-0.1, -0.05) is 18.2 Å². The Morgan fingerprint density at radius 1 is 1.23 bits per heavy atom. The topological polar surface area (TPSA) is 70.9 Å².